The van der Waals surface area contributed by atoms with E-state index >= 15 is 0 Å². The summed E-state index contributed by atoms with van der Waals surface area (Å²) in [5, 5.41) is 15.4. The fourth-order valence-electron chi connectivity index (χ4n) is 2.16. The van der Waals surface area contributed by atoms with Gasteiger partial charge in [0.1, 0.15) is 11.9 Å². The van der Waals surface area contributed by atoms with Gasteiger partial charge in [-0.25, -0.2) is 13.6 Å². The summed E-state index contributed by atoms with van der Waals surface area (Å²) in [4.78, 5) is 4.23. The van der Waals surface area contributed by atoms with Crippen LogP contribution in [-0.4, -0.2) is 19.7 Å². The Hall–Kier alpha value is -2.48. The first-order valence-corrected chi connectivity index (χ1v) is 8.30. The van der Waals surface area contributed by atoms with Gasteiger partial charge in [-0.3, -0.25) is 4.99 Å². The molecule has 1 aliphatic rings. The van der Waals surface area contributed by atoms with Crippen LogP contribution in [-0.2, 0) is 10.0 Å². The van der Waals surface area contributed by atoms with Crippen LogP contribution in [0.4, 0.5) is 5.69 Å². The minimum Gasteiger partial charge on any atom is -0.464 e. The standard InChI is InChI=1S/C16H14N2O4S/c17-23(20,21)13-7-5-12(6-8-13)18-9-11-10-22-15-4-2-1-3-14(15)16(11)19/h1-10,16,19H,(H2,17,20,21). The van der Waals surface area contributed by atoms with Gasteiger partial charge in [0.2, 0.25) is 10.0 Å². The average molecular weight is 330 g/mol. The van der Waals surface area contributed by atoms with Crippen molar-refractivity contribution in [3.05, 3.63) is 65.9 Å². The number of nitrogens with zero attached hydrogens (tertiary/aromatic N) is 1. The van der Waals surface area contributed by atoms with Crippen LogP contribution in [0.15, 0.2) is 70.3 Å². The number of aliphatic imine (C=N–C) groups is 1. The number of ether oxygens (including phenoxy) is 1. The molecular weight excluding hydrogens is 316 g/mol. The van der Waals surface area contributed by atoms with Crippen LogP contribution in [0.5, 0.6) is 5.75 Å². The van der Waals surface area contributed by atoms with Gasteiger partial charge in [0, 0.05) is 17.4 Å². The van der Waals surface area contributed by atoms with Crippen LogP contribution in [0.1, 0.15) is 11.7 Å². The van der Waals surface area contributed by atoms with Crippen LogP contribution in [0, 0.1) is 0 Å². The van der Waals surface area contributed by atoms with E-state index in [4.69, 9.17) is 9.88 Å². The van der Waals surface area contributed by atoms with Gasteiger partial charge in [-0.15, -0.1) is 0 Å². The van der Waals surface area contributed by atoms with Crippen molar-refractivity contribution in [3.63, 3.8) is 0 Å². The largest absolute Gasteiger partial charge is 0.464 e. The first-order chi connectivity index (χ1) is 10.9. The van der Waals surface area contributed by atoms with Crippen LogP contribution in [0.2, 0.25) is 0 Å². The Kier molecular flexibility index (Phi) is 3.99. The zero-order chi connectivity index (χ0) is 16.4. The SMILES string of the molecule is NS(=O)(=O)c1ccc(N=CC2=COc3ccccc3C2O)cc1. The Morgan fingerprint density at radius 1 is 1.13 bits per heavy atom. The summed E-state index contributed by atoms with van der Waals surface area (Å²) in [6.07, 6.45) is 2.09. The minimum atomic E-state index is -3.72. The third-order valence-electron chi connectivity index (χ3n) is 3.38. The lowest BCUT2D eigenvalue weighted by Crippen LogP contribution is -2.11. The number of para-hydroxylation sites is 1. The molecule has 2 aromatic carbocycles. The Bertz CT molecular complexity index is 887. The molecule has 1 unspecified atom stereocenters. The number of aliphatic hydroxyl groups excluding tert-OH is 1. The summed E-state index contributed by atoms with van der Waals surface area (Å²) in [6, 6.07) is 13.0. The Morgan fingerprint density at radius 2 is 1.83 bits per heavy atom. The zero-order valence-corrected chi connectivity index (χ0v) is 12.8. The highest BCUT2D eigenvalue weighted by atomic mass is 32.2. The topological polar surface area (TPSA) is 102 Å². The van der Waals surface area contributed by atoms with E-state index in [1.807, 2.05) is 12.1 Å². The number of primary sulfonamides is 1. The fraction of sp³-hybridized carbons (Fsp3) is 0.0625. The quantitative estimate of drug-likeness (QED) is 0.841. The molecular formula is C16H14N2O4S. The van der Waals surface area contributed by atoms with Crippen LogP contribution in [0.3, 0.4) is 0 Å². The highest BCUT2D eigenvalue weighted by Crippen LogP contribution is 2.33. The Morgan fingerprint density at radius 3 is 2.52 bits per heavy atom. The molecule has 23 heavy (non-hydrogen) atoms. The van der Waals surface area contributed by atoms with E-state index < -0.39 is 16.1 Å². The monoisotopic (exact) mass is 330 g/mol. The van der Waals surface area contributed by atoms with Crippen molar-refractivity contribution in [1.82, 2.24) is 0 Å². The predicted molar refractivity (Wildman–Crippen MR) is 86.1 cm³/mol. The first-order valence-electron chi connectivity index (χ1n) is 6.76. The van der Waals surface area contributed by atoms with Crippen molar-refractivity contribution < 1.29 is 18.3 Å². The molecule has 7 heteroatoms. The average Bonchev–Trinajstić information content (AvgIpc) is 2.54. The number of rotatable bonds is 3. The molecule has 1 aliphatic heterocycles. The maximum absolute atomic E-state index is 11.2. The van der Waals surface area contributed by atoms with Gasteiger partial charge in [0.05, 0.1) is 16.8 Å². The van der Waals surface area contributed by atoms with Crippen molar-refractivity contribution in [3.8, 4) is 5.75 Å². The molecule has 2 aromatic rings. The Balaban J connectivity index is 1.80. The number of benzene rings is 2. The van der Waals surface area contributed by atoms with Crippen molar-refractivity contribution in [2.45, 2.75) is 11.0 Å². The molecule has 1 atom stereocenters. The molecule has 1 heterocycles. The maximum atomic E-state index is 11.2. The van der Waals surface area contributed by atoms with Crippen LogP contribution < -0.4 is 9.88 Å². The normalized spacial score (nSPS) is 17.5. The van der Waals surface area contributed by atoms with Gasteiger partial charge < -0.3 is 9.84 Å². The molecule has 3 rings (SSSR count). The summed E-state index contributed by atoms with van der Waals surface area (Å²) < 4.78 is 27.8. The number of hydrogen-bond donors (Lipinski definition) is 2. The van der Waals surface area contributed by atoms with E-state index in [0.29, 0.717) is 22.6 Å². The van der Waals surface area contributed by atoms with Gasteiger partial charge >= 0.3 is 0 Å². The van der Waals surface area contributed by atoms with Crippen LogP contribution in [0.25, 0.3) is 0 Å². The summed E-state index contributed by atoms with van der Waals surface area (Å²) in [5.74, 6) is 0.606. The number of sulfonamides is 1. The molecule has 118 valence electrons. The predicted octanol–water partition coefficient (Wildman–Crippen LogP) is 2.05. The van der Waals surface area contributed by atoms with Crippen LogP contribution >= 0.6 is 0 Å². The molecule has 6 nitrogen and oxygen atoms in total. The summed E-state index contributed by atoms with van der Waals surface area (Å²) in [5.41, 5.74) is 1.70. The second-order valence-corrected chi connectivity index (χ2v) is 6.53. The van der Waals surface area contributed by atoms with Crippen molar-refractivity contribution in [2.24, 2.45) is 10.1 Å². The fourth-order valence-corrected chi connectivity index (χ4v) is 2.68. The molecule has 0 saturated heterocycles. The second kappa shape index (κ2) is 5.96. The minimum absolute atomic E-state index is 0.0191. The summed E-state index contributed by atoms with van der Waals surface area (Å²) in [6.45, 7) is 0. The van der Waals surface area contributed by atoms with Crippen molar-refractivity contribution >= 4 is 21.9 Å². The number of fused-ring (bicyclic) bond motifs is 1. The molecule has 0 aromatic heterocycles. The lowest BCUT2D eigenvalue weighted by molar-refractivity contribution is 0.206. The first kappa shape index (κ1) is 15.4. The number of aliphatic hydroxyl groups is 1. The summed E-state index contributed by atoms with van der Waals surface area (Å²) >= 11 is 0. The van der Waals surface area contributed by atoms with E-state index in [-0.39, 0.29) is 4.90 Å². The van der Waals surface area contributed by atoms with E-state index in [0.717, 1.165) is 0 Å². The van der Waals surface area contributed by atoms with Crippen molar-refractivity contribution in [1.29, 1.82) is 0 Å². The molecule has 0 fully saturated rings. The van der Waals surface area contributed by atoms with Gasteiger partial charge in [-0.05, 0) is 30.3 Å². The summed E-state index contributed by atoms with van der Waals surface area (Å²) in [7, 11) is -3.72. The van der Waals surface area contributed by atoms with E-state index in [1.165, 1.54) is 36.7 Å². The zero-order valence-electron chi connectivity index (χ0n) is 12.0. The van der Waals surface area contributed by atoms with E-state index in [9.17, 15) is 13.5 Å². The molecule has 0 bridgehead atoms. The van der Waals surface area contributed by atoms with Gasteiger partial charge in [0.15, 0.2) is 0 Å². The lowest BCUT2D eigenvalue weighted by Gasteiger charge is -2.20. The maximum Gasteiger partial charge on any atom is 0.238 e. The smallest absolute Gasteiger partial charge is 0.238 e. The molecule has 0 saturated carbocycles. The molecule has 0 spiro atoms. The van der Waals surface area contributed by atoms with E-state index in [2.05, 4.69) is 4.99 Å². The van der Waals surface area contributed by atoms with Gasteiger partial charge in [-0.1, -0.05) is 18.2 Å². The van der Waals surface area contributed by atoms with Gasteiger partial charge in [0.25, 0.3) is 0 Å². The third kappa shape index (κ3) is 3.31. The Labute approximate surface area is 133 Å². The second-order valence-electron chi connectivity index (χ2n) is 4.97. The molecule has 0 radical (unpaired) electrons. The van der Waals surface area contributed by atoms with Gasteiger partial charge in [-0.2, -0.15) is 0 Å². The number of hydrogen-bond acceptors (Lipinski definition) is 5. The molecule has 0 amide bonds. The van der Waals surface area contributed by atoms with Crippen molar-refractivity contribution in [2.75, 3.05) is 0 Å². The molecule has 3 N–H and O–H groups in total. The highest BCUT2D eigenvalue weighted by Gasteiger charge is 2.21. The third-order valence-corrected chi connectivity index (χ3v) is 4.31. The number of nitrogens with two attached hydrogens (primary N) is 1. The van der Waals surface area contributed by atoms with E-state index in [1.54, 1.807) is 12.1 Å². The molecule has 0 aliphatic carbocycles. The highest BCUT2D eigenvalue weighted by molar-refractivity contribution is 7.89. The lowest BCUT2D eigenvalue weighted by atomic mass is 10.0.